The van der Waals surface area contributed by atoms with E-state index in [-0.39, 0.29) is 6.09 Å². The Morgan fingerprint density at radius 2 is 1.92 bits per heavy atom. The summed E-state index contributed by atoms with van der Waals surface area (Å²) in [6.45, 7) is 8.57. The first kappa shape index (κ1) is 18.5. The smallest absolute Gasteiger partial charge is 0.409 e. The molecule has 3 fully saturated rings. The Labute approximate surface area is 151 Å². The van der Waals surface area contributed by atoms with E-state index in [2.05, 4.69) is 17.0 Å². The Hall–Kier alpha value is -1.30. The summed E-state index contributed by atoms with van der Waals surface area (Å²) < 4.78 is 5.15. The molecule has 142 valence electrons. The van der Waals surface area contributed by atoms with E-state index in [1.54, 1.807) is 7.11 Å². The fourth-order valence-corrected chi connectivity index (χ4v) is 4.98. The fraction of sp³-hybridized carbons (Fsp3) is 0.895. The van der Waals surface area contributed by atoms with Gasteiger partial charge in [0, 0.05) is 25.0 Å². The van der Waals surface area contributed by atoms with Crippen LogP contribution in [0.15, 0.2) is 5.16 Å². The standard InChI is InChI=1S/C19H33N3O3/c1-4-17(20-24-3)15-6-9-21(10-7-15)16-12-19(13-16)8-11-22(14-19)18(23)25-5-2/h15-16H,4-14H2,1-3H3. The van der Waals surface area contributed by atoms with E-state index in [1.165, 1.54) is 31.4 Å². The van der Waals surface area contributed by atoms with Crippen LogP contribution in [0.2, 0.25) is 0 Å². The molecule has 1 saturated carbocycles. The quantitative estimate of drug-likeness (QED) is 0.564. The van der Waals surface area contributed by atoms with Crippen LogP contribution < -0.4 is 0 Å². The highest BCUT2D eigenvalue weighted by molar-refractivity contribution is 5.86. The number of carbonyl (C=O) groups is 1. The van der Waals surface area contributed by atoms with Crippen LogP contribution in [-0.2, 0) is 9.57 Å². The zero-order valence-electron chi connectivity index (χ0n) is 16.0. The van der Waals surface area contributed by atoms with Crippen molar-refractivity contribution in [2.45, 2.75) is 58.4 Å². The van der Waals surface area contributed by atoms with Crippen molar-refractivity contribution in [3.05, 3.63) is 0 Å². The van der Waals surface area contributed by atoms with Gasteiger partial charge in [0.05, 0.1) is 12.3 Å². The second kappa shape index (κ2) is 7.94. The van der Waals surface area contributed by atoms with Crippen LogP contribution in [0.1, 0.15) is 52.4 Å². The molecule has 0 atom stereocenters. The van der Waals surface area contributed by atoms with Crippen molar-refractivity contribution in [3.8, 4) is 0 Å². The van der Waals surface area contributed by atoms with Gasteiger partial charge in [-0.15, -0.1) is 0 Å². The molecule has 3 aliphatic rings. The molecule has 0 bridgehead atoms. The van der Waals surface area contributed by atoms with Crippen molar-refractivity contribution < 1.29 is 14.4 Å². The predicted octanol–water partition coefficient (Wildman–Crippen LogP) is 3.12. The van der Waals surface area contributed by atoms with Crippen molar-refractivity contribution in [3.63, 3.8) is 0 Å². The molecule has 0 aromatic carbocycles. The van der Waals surface area contributed by atoms with Crippen LogP contribution in [-0.4, -0.2) is 67.5 Å². The Bertz CT molecular complexity index is 494. The van der Waals surface area contributed by atoms with Gasteiger partial charge in [0.25, 0.3) is 0 Å². The third-order valence-corrected chi connectivity index (χ3v) is 6.39. The molecule has 1 amide bonds. The molecular weight excluding hydrogens is 318 g/mol. The lowest BCUT2D eigenvalue weighted by molar-refractivity contribution is -0.00565. The summed E-state index contributed by atoms with van der Waals surface area (Å²) in [6.07, 6.45) is 6.84. The molecule has 2 aliphatic heterocycles. The monoisotopic (exact) mass is 351 g/mol. The molecule has 6 heteroatoms. The minimum Gasteiger partial charge on any atom is -0.450 e. The van der Waals surface area contributed by atoms with E-state index in [4.69, 9.17) is 9.57 Å². The SMILES string of the molecule is CCOC(=O)N1CCC2(CC(N3CCC(C(CC)=NOC)CC3)C2)C1. The first-order valence-corrected chi connectivity index (χ1v) is 9.86. The van der Waals surface area contributed by atoms with Gasteiger partial charge in [-0.25, -0.2) is 4.79 Å². The Balaban J connectivity index is 1.44. The summed E-state index contributed by atoms with van der Waals surface area (Å²) in [5, 5.41) is 4.22. The first-order chi connectivity index (χ1) is 12.1. The highest BCUT2D eigenvalue weighted by atomic mass is 16.6. The lowest BCUT2D eigenvalue weighted by atomic mass is 9.64. The molecule has 1 aliphatic carbocycles. The number of hydrogen-bond donors (Lipinski definition) is 0. The normalized spacial score (nSPS) is 31.2. The van der Waals surface area contributed by atoms with E-state index in [1.807, 2.05) is 11.8 Å². The van der Waals surface area contributed by atoms with Gasteiger partial charge in [-0.05, 0) is 64.0 Å². The third kappa shape index (κ3) is 3.94. The number of hydrogen-bond acceptors (Lipinski definition) is 5. The molecule has 0 aromatic heterocycles. The van der Waals surface area contributed by atoms with Crippen molar-refractivity contribution in [1.82, 2.24) is 9.80 Å². The fourth-order valence-electron chi connectivity index (χ4n) is 4.98. The minimum absolute atomic E-state index is 0.131. The molecule has 0 aromatic rings. The average Bonchev–Trinajstić information content (AvgIpc) is 3.05. The highest BCUT2D eigenvalue weighted by Gasteiger charge is 2.51. The summed E-state index contributed by atoms with van der Waals surface area (Å²) in [6, 6.07) is 0.701. The molecule has 3 rings (SSSR count). The van der Waals surface area contributed by atoms with Crippen LogP contribution in [0.25, 0.3) is 0 Å². The van der Waals surface area contributed by atoms with Crippen LogP contribution in [0.5, 0.6) is 0 Å². The maximum atomic E-state index is 11.9. The summed E-state index contributed by atoms with van der Waals surface area (Å²) in [5.74, 6) is 0.584. The summed E-state index contributed by atoms with van der Waals surface area (Å²) >= 11 is 0. The summed E-state index contributed by atoms with van der Waals surface area (Å²) in [4.78, 5) is 21.5. The molecule has 0 radical (unpaired) electrons. The van der Waals surface area contributed by atoms with Crippen LogP contribution >= 0.6 is 0 Å². The van der Waals surface area contributed by atoms with Gasteiger partial charge >= 0.3 is 6.09 Å². The number of nitrogens with zero attached hydrogens (tertiary/aromatic N) is 3. The Kier molecular flexibility index (Phi) is 5.87. The maximum absolute atomic E-state index is 11.9. The van der Waals surface area contributed by atoms with E-state index in [0.29, 0.717) is 24.0 Å². The lowest BCUT2D eigenvalue weighted by Gasteiger charge is -2.51. The van der Waals surface area contributed by atoms with E-state index in [9.17, 15) is 4.79 Å². The molecule has 1 spiro atoms. The van der Waals surface area contributed by atoms with Gasteiger partial charge in [0.15, 0.2) is 0 Å². The van der Waals surface area contributed by atoms with Gasteiger partial charge in [-0.3, -0.25) is 0 Å². The molecule has 2 saturated heterocycles. The predicted molar refractivity (Wildman–Crippen MR) is 97.7 cm³/mol. The first-order valence-electron chi connectivity index (χ1n) is 9.86. The Morgan fingerprint density at radius 3 is 2.52 bits per heavy atom. The molecule has 6 nitrogen and oxygen atoms in total. The van der Waals surface area contributed by atoms with E-state index < -0.39 is 0 Å². The molecular formula is C19H33N3O3. The van der Waals surface area contributed by atoms with Gasteiger partial charge in [0.1, 0.15) is 7.11 Å². The largest absolute Gasteiger partial charge is 0.450 e. The van der Waals surface area contributed by atoms with E-state index in [0.717, 1.165) is 39.0 Å². The number of piperidine rings is 1. The van der Waals surface area contributed by atoms with Crippen molar-refractivity contribution in [1.29, 1.82) is 0 Å². The minimum atomic E-state index is -0.131. The van der Waals surface area contributed by atoms with Crippen molar-refractivity contribution >= 4 is 11.8 Å². The average molecular weight is 351 g/mol. The van der Waals surface area contributed by atoms with Gasteiger partial charge in [0.2, 0.25) is 0 Å². The molecule has 2 heterocycles. The molecule has 0 unspecified atom stereocenters. The third-order valence-electron chi connectivity index (χ3n) is 6.39. The zero-order chi connectivity index (χ0) is 17.9. The van der Waals surface area contributed by atoms with Gasteiger partial charge in [-0.2, -0.15) is 0 Å². The number of likely N-dealkylation sites (tertiary alicyclic amines) is 2. The van der Waals surface area contributed by atoms with E-state index >= 15 is 0 Å². The topological polar surface area (TPSA) is 54.4 Å². The summed E-state index contributed by atoms with van der Waals surface area (Å²) in [5.41, 5.74) is 1.58. The second-order valence-corrected chi connectivity index (χ2v) is 7.86. The van der Waals surface area contributed by atoms with Crippen LogP contribution in [0.3, 0.4) is 0 Å². The number of ether oxygens (including phenoxy) is 1. The van der Waals surface area contributed by atoms with Crippen molar-refractivity contribution in [2.75, 3.05) is 39.9 Å². The van der Waals surface area contributed by atoms with Crippen LogP contribution in [0.4, 0.5) is 4.79 Å². The molecule has 0 N–H and O–H groups in total. The highest BCUT2D eigenvalue weighted by Crippen LogP contribution is 2.50. The summed E-state index contributed by atoms with van der Waals surface area (Å²) in [7, 11) is 1.64. The lowest BCUT2D eigenvalue weighted by Crippen LogP contribution is -2.54. The van der Waals surface area contributed by atoms with Crippen molar-refractivity contribution in [2.24, 2.45) is 16.5 Å². The number of carbonyl (C=O) groups excluding carboxylic acids is 1. The molecule has 25 heavy (non-hydrogen) atoms. The number of oxime groups is 1. The zero-order valence-corrected chi connectivity index (χ0v) is 16.0. The second-order valence-electron chi connectivity index (χ2n) is 7.86. The number of amides is 1. The van der Waals surface area contributed by atoms with Gasteiger partial charge in [-0.1, -0.05) is 12.1 Å². The van der Waals surface area contributed by atoms with Crippen LogP contribution in [0, 0.1) is 11.3 Å². The number of rotatable bonds is 5. The Morgan fingerprint density at radius 1 is 1.20 bits per heavy atom. The van der Waals surface area contributed by atoms with Gasteiger partial charge < -0.3 is 19.4 Å². The maximum Gasteiger partial charge on any atom is 0.409 e.